The van der Waals surface area contributed by atoms with Crippen LogP contribution in [0, 0.1) is 6.92 Å². The van der Waals surface area contributed by atoms with Crippen molar-refractivity contribution in [3.8, 4) is 11.5 Å². The van der Waals surface area contributed by atoms with Gasteiger partial charge in [-0.05, 0) is 24.6 Å². The van der Waals surface area contributed by atoms with E-state index < -0.39 is 0 Å². The molecule has 0 spiro atoms. The molecule has 0 fully saturated rings. The van der Waals surface area contributed by atoms with Crippen LogP contribution in [0.15, 0.2) is 55.1 Å². The van der Waals surface area contributed by atoms with E-state index >= 15 is 0 Å². The number of aryl methyl sites for hydroxylation is 1. The first-order valence-electron chi connectivity index (χ1n) is 5.98. The zero-order chi connectivity index (χ0) is 13.9. The first kappa shape index (κ1) is 13.5. The zero-order valence-corrected chi connectivity index (χ0v) is 13.1. The van der Waals surface area contributed by atoms with Crippen molar-refractivity contribution in [1.29, 1.82) is 0 Å². The summed E-state index contributed by atoms with van der Waals surface area (Å²) in [6.45, 7) is 1.87. The molecule has 0 saturated carbocycles. The standard InChI is InChI=1S/C14H11BrN2O2S/c1-9-11(6-7-18-9)13-16-17-14(19-13)20-8-10-4-2-3-5-12(10)15/h2-7H,8H2,1H3. The minimum atomic E-state index is 0.492. The first-order chi connectivity index (χ1) is 9.74. The number of halogens is 1. The highest BCUT2D eigenvalue weighted by molar-refractivity contribution is 9.10. The van der Waals surface area contributed by atoms with Crippen LogP contribution in [0.2, 0.25) is 0 Å². The van der Waals surface area contributed by atoms with Gasteiger partial charge in [-0.25, -0.2) is 0 Å². The average Bonchev–Trinajstić information content (AvgIpc) is 3.06. The van der Waals surface area contributed by atoms with Gasteiger partial charge >= 0.3 is 0 Å². The summed E-state index contributed by atoms with van der Waals surface area (Å²) in [7, 11) is 0. The van der Waals surface area contributed by atoms with Crippen LogP contribution in [0.25, 0.3) is 11.5 Å². The second-order valence-corrected chi connectivity index (χ2v) is 5.92. The van der Waals surface area contributed by atoms with Gasteiger partial charge in [0.25, 0.3) is 11.1 Å². The summed E-state index contributed by atoms with van der Waals surface area (Å²) >= 11 is 5.03. The molecule has 0 unspecified atom stereocenters. The van der Waals surface area contributed by atoms with E-state index in [9.17, 15) is 0 Å². The monoisotopic (exact) mass is 350 g/mol. The van der Waals surface area contributed by atoms with Crippen molar-refractivity contribution in [2.45, 2.75) is 17.9 Å². The van der Waals surface area contributed by atoms with Crippen LogP contribution in [-0.2, 0) is 5.75 Å². The van der Waals surface area contributed by atoms with Crippen molar-refractivity contribution in [3.05, 3.63) is 52.4 Å². The van der Waals surface area contributed by atoms with Crippen molar-refractivity contribution in [2.24, 2.45) is 0 Å². The molecule has 0 bridgehead atoms. The Morgan fingerprint density at radius 2 is 2.05 bits per heavy atom. The molecule has 0 radical (unpaired) electrons. The summed E-state index contributed by atoms with van der Waals surface area (Å²) in [5.74, 6) is 2.04. The van der Waals surface area contributed by atoms with E-state index in [1.807, 2.05) is 31.2 Å². The number of hydrogen-bond donors (Lipinski definition) is 0. The lowest BCUT2D eigenvalue weighted by Crippen LogP contribution is -1.82. The van der Waals surface area contributed by atoms with E-state index in [0.29, 0.717) is 11.1 Å². The summed E-state index contributed by atoms with van der Waals surface area (Å²) in [6.07, 6.45) is 1.61. The van der Waals surface area contributed by atoms with Gasteiger partial charge in [0.15, 0.2) is 0 Å². The third kappa shape index (κ3) is 2.81. The maximum absolute atomic E-state index is 5.64. The SMILES string of the molecule is Cc1occc1-c1nnc(SCc2ccccc2Br)o1. The number of aromatic nitrogens is 2. The summed E-state index contributed by atoms with van der Waals surface area (Å²) in [5.41, 5.74) is 2.03. The molecule has 4 nitrogen and oxygen atoms in total. The molecule has 6 heteroatoms. The van der Waals surface area contributed by atoms with Gasteiger partial charge in [-0.15, -0.1) is 10.2 Å². The van der Waals surface area contributed by atoms with Gasteiger partial charge in [-0.3, -0.25) is 0 Å². The first-order valence-corrected chi connectivity index (χ1v) is 7.76. The quantitative estimate of drug-likeness (QED) is 0.638. The Hall–Kier alpha value is -1.53. The van der Waals surface area contributed by atoms with Gasteiger partial charge in [0.05, 0.1) is 11.8 Å². The van der Waals surface area contributed by atoms with E-state index in [2.05, 4.69) is 32.2 Å². The highest BCUT2D eigenvalue weighted by Crippen LogP contribution is 2.29. The summed E-state index contributed by atoms with van der Waals surface area (Å²) in [6, 6.07) is 9.91. The van der Waals surface area contributed by atoms with Crippen molar-refractivity contribution in [3.63, 3.8) is 0 Å². The second-order valence-electron chi connectivity index (χ2n) is 4.14. The molecule has 0 aliphatic carbocycles. The smallest absolute Gasteiger partial charge is 0.277 e. The van der Waals surface area contributed by atoms with Crippen LogP contribution in [0.3, 0.4) is 0 Å². The molecule has 0 N–H and O–H groups in total. The molecule has 1 aromatic carbocycles. The Bertz CT molecular complexity index is 723. The van der Waals surface area contributed by atoms with Gasteiger partial charge in [-0.1, -0.05) is 45.9 Å². The van der Waals surface area contributed by atoms with E-state index in [4.69, 9.17) is 8.83 Å². The lowest BCUT2D eigenvalue weighted by Gasteiger charge is -2.00. The molecule has 102 valence electrons. The zero-order valence-electron chi connectivity index (χ0n) is 10.7. The molecule has 0 atom stereocenters. The van der Waals surface area contributed by atoms with Crippen molar-refractivity contribution in [1.82, 2.24) is 10.2 Å². The van der Waals surface area contributed by atoms with Crippen molar-refractivity contribution >= 4 is 27.7 Å². The lowest BCUT2D eigenvalue weighted by molar-refractivity contribution is 0.463. The third-order valence-electron chi connectivity index (χ3n) is 2.80. The maximum Gasteiger partial charge on any atom is 0.277 e. The highest BCUT2D eigenvalue weighted by atomic mass is 79.9. The molecule has 3 rings (SSSR count). The minimum absolute atomic E-state index is 0.492. The Labute approximate surface area is 128 Å². The van der Waals surface area contributed by atoms with Crippen molar-refractivity contribution < 1.29 is 8.83 Å². The Balaban J connectivity index is 1.72. The van der Waals surface area contributed by atoms with Gasteiger partial charge in [0.2, 0.25) is 0 Å². The van der Waals surface area contributed by atoms with Crippen LogP contribution in [-0.4, -0.2) is 10.2 Å². The number of thioether (sulfide) groups is 1. The summed E-state index contributed by atoms with van der Waals surface area (Å²) < 4.78 is 11.9. The van der Waals surface area contributed by atoms with E-state index in [-0.39, 0.29) is 0 Å². The van der Waals surface area contributed by atoms with Crippen LogP contribution < -0.4 is 0 Å². The molecule has 0 amide bonds. The van der Waals surface area contributed by atoms with Crippen LogP contribution in [0.4, 0.5) is 0 Å². The normalized spacial score (nSPS) is 10.9. The molecule has 2 aromatic heterocycles. The average molecular weight is 351 g/mol. The molecule has 0 saturated heterocycles. The predicted molar refractivity (Wildman–Crippen MR) is 80.4 cm³/mol. The Morgan fingerprint density at radius 1 is 1.20 bits per heavy atom. The molecule has 0 aliphatic heterocycles. The van der Waals surface area contributed by atoms with Gasteiger partial charge in [0.1, 0.15) is 5.76 Å². The maximum atomic E-state index is 5.64. The number of rotatable bonds is 4. The van der Waals surface area contributed by atoms with E-state index in [0.717, 1.165) is 21.5 Å². The summed E-state index contributed by atoms with van der Waals surface area (Å²) in [4.78, 5) is 0. The minimum Gasteiger partial charge on any atom is -0.469 e. The number of benzene rings is 1. The summed E-state index contributed by atoms with van der Waals surface area (Å²) in [5, 5.41) is 8.64. The fraction of sp³-hybridized carbons (Fsp3) is 0.143. The van der Waals surface area contributed by atoms with Crippen LogP contribution in [0.1, 0.15) is 11.3 Å². The Morgan fingerprint density at radius 3 is 2.80 bits per heavy atom. The fourth-order valence-corrected chi connectivity index (χ4v) is 3.12. The van der Waals surface area contributed by atoms with E-state index in [1.165, 1.54) is 17.3 Å². The molecular formula is C14H11BrN2O2S. The number of hydrogen-bond acceptors (Lipinski definition) is 5. The van der Waals surface area contributed by atoms with Crippen LogP contribution in [0.5, 0.6) is 0 Å². The fourth-order valence-electron chi connectivity index (χ4n) is 1.74. The van der Waals surface area contributed by atoms with Gasteiger partial charge in [-0.2, -0.15) is 0 Å². The topological polar surface area (TPSA) is 52.1 Å². The highest BCUT2D eigenvalue weighted by Gasteiger charge is 2.13. The molecular weight excluding hydrogens is 340 g/mol. The second kappa shape index (κ2) is 5.85. The molecule has 3 aromatic rings. The lowest BCUT2D eigenvalue weighted by atomic mass is 10.2. The molecule has 0 aliphatic rings. The molecule has 2 heterocycles. The Kier molecular flexibility index (Phi) is 3.93. The predicted octanol–water partition coefficient (Wildman–Crippen LogP) is 4.69. The number of nitrogens with zero attached hydrogens (tertiary/aromatic N) is 2. The van der Waals surface area contributed by atoms with E-state index in [1.54, 1.807) is 6.26 Å². The third-order valence-corrected chi connectivity index (χ3v) is 4.45. The molecule has 20 heavy (non-hydrogen) atoms. The number of furan rings is 1. The van der Waals surface area contributed by atoms with Crippen LogP contribution >= 0.6 is 27.7 Å². The van der Waals surface area contributed by atoms with Gasteiger partial charge < -0.3 is 8.83 Å². The van der Waals surface area contributed by atoms with Crippen molar-refractivity contribution in [2.75, 3.05) is 0 Å². The van der Waals surface area contributed by atoms with Gasteiger partial charge in [0, 0.05) is 10.2 Å². The largest absolute Gasteiger partial charge is 0.469 e.